The maximum absolute atomic E-state index is 12.8. The summed E-state index contributed by atoms with van der Waals surface area (Å²) in [5.41, 5.74) is -0.599. The molecule has 1 fully saturated rings. The SMILES string of the molecule is COc1ccc(C(OCC2OC(n3cc(C=CCNC(=O)C(F)(F)F)c(=O)[nH]c3=O)CC2O)(c2ccccc2)c2ccc(OC)cc2)cc1. The number of carbonyl (C=O) groups is 1. The van der Waals surface area contributed by atoms with Crippen LogP contribution in [-0.2, 0) is 19.9 Å². The molecule has 0 aliphatic carbocycles. The van der Waals surface area contributed by atoms with Gasteiger partial charge in [-0.1, -0.05) is 66.7 Å². The minimum atomic E-state index is -5.05. The summed E-state index contributed by atoms with van der Waals surface area (Å²) in [6.07, 6.45) is -4.63. The van der Waals surface area contributed by atoms with Crippen molar-refractivity contribution in [2.24, 2.45) is 0 Å². The molecule has 258 valence electrons. The first kappa shape index (κ1) is 35.1. The largest absolute Gasteiger partial charge is 0.497 e. The number of benzene rings is 3. The van der Waals surface area contributed by atoms with Crippen LogP contribution in [0.25, 0.3) is 6.08 Å². The van der Waals surface area contributed by atoms with Crippen LogP contribution in [0.15, 0.2) is 101 Å². The molecule has 0 saturated carbocycles. The molecule has 0 bridgehead atoms. The molecule has 49 heavy (non-hydrogen) atoms. The maximum Gasteiger partial charge on any atom is 0.471 e. The summed E-state index contributed by atoms with van der Waals surface area (Å²) in [5, 5.41) is 12.8. The number of halogens is 3. The number of hydrogen-bond donors (Lipinski definition) is 3. The Kier molecular flexibility index (Phi) is 10.7. The highest BCUT2D eigenvalue weighted by molar-refractivity contribution is 5.81. The number of methoxy groups -OCH3 is 2. The number of nitrogens with zero attached hydrogens (tertiary/aromatic N) is 1. The van der Waals surface area contributed by atoms with Crippen molar-refractivity contribution >= 4 is 12.0 Å². The third kappa shape index (κ3) is 7.77. The number of aromatic amines is 1. The van der Waals surface area contributed by atoms with Crippen LogP contribution < -0.4 is 26.0 Å². The fourth-order valence-corrected chi connectivity index (χ4v) is 5.59. The van der Waals surface area contributed by atoms with E-state index in [0.29, 0.717) is 11.5 Å². The molecule has 1 aliphatic rings. The average molecular weight is 682 g/mol. The number of aliphatic hydroxyl groups is 1. The molecule has 0 spiro atoms. The fourth-order valence-electron chi connectivity index (χ4n) is 5.59. The third-order valence-electron chi connectivity index (χ3n) is 8.08. The molecular formula is C35H34F3N3O8. The van der Waals surface area contributed by atoms with Gasteiger partial charge in [-0.3, -0.25) is 19.1 Å². The molecule has 3 unspecified atom stereocenters. The lowest BCUT2D eigenvalue weighted by Gasteiger charge is -2.37. The molecule has 1 aliphatic heterocycles. The number of aliphatic hydroxyl groups excluding tert-OH is 1. The van der Waals surface area contributed by atoms with Crippen LogP contribution in [0.1, 0.15) is 34.9 Å². The summed E-state index contributed by atoms with van der Waals surface area (Å²) < 4.78 is 62.1. The first-order chi connectivity index (χ1) is 23.5. The predicted octanol–water partition coefficient (Wildman–Crippen LogP) is 3.90. The highest BCUT2D eigenvalue weighted by atomic mass is 19.4. The van der Waals surface area contributed by atoms with Gasteiger partial charge in [0.05, 0.1) is 32.5 Å². The van der Waals surface area contributed by atoms with Crippen molar-refractivity contribution in [3.8, 4) is 11.5 Å². The number of H-pyrrole nitrogens is 1. The van der Waals surface area contributed by atoms with Gasteiger partial charge in [-0.15, -0.1) is 0 Å². The van der Waals surface area contributed by atoms with E-state index in [0.717, 1.165) is 33.4 Å². The molecule has 3 N–H and O–H groups in total. The van der Waals surface area contributed by atoms with E-state index in [4.69, 9.17) is 18.9 Å². The van der Waals surface area contributed by atoms with Gasteiger partial charge >= 0.3 is 17.8 Å². The van der Waals surface area contributed by atoms with Crippen molar-refractivity contribution in [2.75, 3.05) is 27.4 Å². The number of ether oxygens (including phenoxy) is 4. The summed E-state index contributed by atoms with van der Waals surface area (Å²) in [6.45, 7) is -0.644. The molecule has 3 aromatic carbocycles. The molecule has 14 heteroatoms. The number of hydrogen-bond acceptors (Lipinski definition) is 8. The first-order valence-corrected chi connectivity index (χ1v) is 15.2. The number of aromatic nitrogens is 2. The predicted molar refractivity (Wildman–Crippen MR) is 172 cm³/mol. The van der Waals surface area contributed by atoms with Gasteiger partial charge < -0.3 is 29.4 Å². The van der Waals surface area contributed by atoms with Crippen molar-refractivity contribution in [1.82, 2.24) is 14.9 Å². The van der Waals surface area contributed by atoms with Crippen molar-refractivity contribution in [3.05, 3.63) is 134 Å². The molecule has 1 amide bonds. The number of rotatable bonds is 12. The van der Waals surface area contributed by atoms with Crippen LogP contribution in [0.2, 0.25) is 0 Å². The molecule has 2 heterocycles. The number of nitrogens with one attached hydrogen (secondary N) is 2. The van der Waals surface area contributed by atoms with Gasteiger partial charge in [0.2, 0.25) is 0 Å². The highest BCUT2D eigenvalue weighted by Gasteiger charge is 2.42. The lowest BCUT2D eigenvalue weighted by Crippen LogP contribution is -2.38. The molecule has 5 rings (SSSR count). The fraction of sp³-hybridized carbons (Fsp3) is 0.286. The van der Waals surface area contributed by atoms with Gasteiger partial charge in [-0.05, 0) is 41.0 Å². The molecule has 1 saturated heterocycles. The lowest BCUT2D eigenvalue weighted by molar-refractivity contribution is -0.173. The Morgan fingerprint density at radius 2 is 1.53 bits per heavy atom. The lowest BCUT2D eigenvalue weighted by atomic mass is 9.80. The summed E-state index contributed by atoms with van der Waals surface area (Å²) in [4.78, 5) is 38.4. The van der Waals surface area contributed by atoms with Gasteiger partial charge in [0, 0.05) is 19.2 Å². The van der Waals surface area contributed by atoms with E-state index in [1.54, 1.807) is 19.5 Å². The zero-order valence-corrected chi connectivity index (χ0v) is 26.5. The second-order valence-electron chi connectivity index (χ2n) is 11.1. The second-order valence-corrected chi connectivity index (χ2v) is 11.1. The summed E-state index contributed by atoms with van der Waals surface area (Å²) in [7, 11) is 3.14. The van der Waals surface area contributed by atoms with Gasteiger partial charge in [-0.2, -0.15) is 13.2 Å². The maximum atomic E-state index is 12.8. The van der Waals surface area contributed by atoms with Crippen LogP contribution in [0.4, 0.5) is 13.2 Å². The highest BCUT2D eigenvalue weighted by Crippen LogP contribution is 2.42. The Morgan fingerprint density at radius 3 is 2.08 bits per heavy atom. The van der Waals surface area contributed by atoms with E-state index in [-0.39, 0.29) is 18.6 Å². The van der Waals surface area contributed by atoms with E-state index in [1.165, 1.54) is 6.20 Å². The van der Waals surface area contributed by atoms with Crippen LogP contribution in [-0.4, -0.2) is 66.3 Å². The molecule has 4 aromatic rings. The Hall–Kier alpha value is -5.18. The Labute approximate surface area is 278 Å². The Balaban J connectivity index is 1.43. The van der Waals surface area contributed by atoms with Crippen LogP contribution in [0, 0.1) is 0 Å². The van der Waals surface area contributed by atoms with Gasteiger partial charge in [0.15, 0.2) is 0 Å². The normalized spacial score (nSPS) is 18.0. The zero-order chi connectivity index (χ0) is 35.2. The quantitative estimate of drug-likeness (QED) is 0.191. The molecule has 3 atom stereocenters. The van der Waals surface area contributed by atoms with Gasteiger partial charge in [0.25, 0.3) is 5.56 Å². The second kappa shape index (κ2) is 14.9. The van der Waals surface area contributed by atoms with Crippen molar-refractivity contribution in [2.45, 2.75) is 36.6 Å². The summed E-state index contributed by atoms with van der Waals surface area (Å²) >= 11 is 0. The Morgan fingerprint density at radius 1 is 0.959 bits per heavy atom. The summed E-state index contributed by atoms with van der Waals surface area (Å²) in [6, 6.07) is 24.3. The van der Waals surface area contributed by atoms with E-state index in [2.05, 4.69) is 4.98 Å². The van der Waals surface area contributed by atoms with Gasteiger partial charge in [-0.25, -0.2) is 4.79 Å². The van der Waals surface area contributed by atoms with E-state index in [9.17, 15) is 32.7 Å². The van der Waals surface area contributed by atoms with Crippen LogP contribution in [0.5, 0.6) is 11.5 Å². The smallest absolute Gasteiger partial charge is 0.471 e. The standard InChI is InChI=1S/C35H34F3N3O8/c1-46-26-14-10-24(11-15-26)34(23-8-4-3-5-9-23,25-12-16-27(47-2)17-13-25)48-21-29-28(42)19-30(49-29)41-20-22(31(43)40-33(41)45)7-6-18-39-32(44)35(36,37)38/h3-17,20,28-30,42H,18-19,21H2,1-2H3,(H,39,44)(H,40,43,45). The molecule has 11 nitrogen and oxygen atoms in total. The van der Waals surface area contributed by atoms with Crippen LogP contribution in [0.3, 0.4) is 0 Å². The minimum Gasteiger partial charge on any atom is -0.497 e. The Bertz CT molecular complexity index is 1830. The van der Waals surface area contributed by atoms with Crippen molar-refractivity contribution in [3.63, 3.8) is 0 Å². The molecular weight excluding hydrogens is 647 g/mol. The molecule has 0 radical (unpaired) electrons. The zero-order valence-electron chi connectivity index (χ0n) is 26.5. The average Bonchev–Trinajstić information content (AvgIpc) is 3.47. The van der Waals surface area contributed by atoms with E-state index < -0.39 is 53.9 Å². The van der Waals surface area contributed by atoms with Gasteiger partial charge in [0.1, 0.15) is 29.4 Å². The minimum absolute atomic E-state index is 0.0336. The molecule has 1 aromatic heterocycles. The number of alkyl halides is 3. The topological polar surface area (TPSA) is 141 Å². The first-order valence-electron chi connectivity index (χ1n) is 15.2. The third-order valence-corrected chi connectivity index (χ3v) is 8.08. The monoisotopic (exact) mass is 681 g/mol. The van der Waals surface area contributed by atoms with E-state index in [1.807, 2.05) is 78.9 Å². The van der Waals surface area contributed by atoms with Crippen molar-refractivity contribution in [1.29, 1.82) is 0 Å². The van der Waals surface area contributed by atoms with E-state index >= 15 is 0 Å². The summed E-state index contributed by atoms with van der Waals surface area (Å²) in [5.74, 6) is -0.846. The number of carbonyl (C=O) groups excluding carboxylic acids is 1. The van der Waals surface area contributed by atoms with Crippen LogP contribution >= 0.6 is 0 Å². The number of amides is 1. The van der Waals surface area contributed by atoms with Crippen molar-refractivity contribution < 1.29 is 42.0 Å².